The van der Waals surface area contributed by atoms with Crippen LogP contribution in [0.1, 0.15) is 24.8 Å². The number of fused-ring (bicyclic) bond motifs is 1. The Kier molecular flexibility index (Phi) is 3.83. The number of rotatable bonds is 4. The summed E-state index contributed by atoms with van der Waals surface area (Å²) in [5.41, 5.74) is 1.28. The molecule has 1 heterocycles. The predicted octanol–water partition coefficient (Wildman–Crippen LogP) is 1.73. The van der Waals surface area contributed by atoms with Crippen LogP contribution in [0, 0.1) is 11.8 Å². The van der Waals surface area contributed by atoms with Gasteiger partial charge in [-0.15, -0.1) is 0 Å². The van der Waals surface area contributed by atoms with E-state index in [0.29, 0.717) is 5.92 Å². The smallest absolute Gasteiger partial charge is 0.237 e. The van der Waals surface area contributed by atoms with E-state index in [-0.39, 0.29) is 11.9 Å². The van der Waals surface area contributed by atoms with Crippen molar-refractivity contribution in [2.75, 3.05) is 13.1 Å². The van der Waals surface area contributed by atoms with Crippen molar-refractivity contribution in [2.45, 2.75) is 31.7 Å². The maximum Gasteiger partial charge on any atom is 0.237 e. The van der Waals surface area contributed by atoms with Gasteiger partial charge in [-0.3, -0.25) is 4.79 Å². The molecule has 0 radical (unpaired) electrons. The minimum absolute atomic E-state index is 0.0586. The van der Waals surface area contributed by atoms with Crippen LogP contribution in [-0.4, -0.2) is 25.0 Å². The molecule has 3 heteroatoms. The number of benzene rings is 1. The standard InChI is InChI=1S/C16H22N2O/c19-16(15-14-8-4-7-13(14)11-18-15)17-10-9-12-5-2-1-3-6-12/h1-3,5-6,13-15,18H,4,7-11H2,(H,17,19). The van der Waals surface area contributed by atoms with Crippen LogP contribution in [0.3, 0.4) is 0 Å². The van der Waals surface area contributed by atoms with Gasteiger partial charge in [0.05, 0.1) is 6.04 Å². The second-order valence-corrected chi connectivity index (χ2v) is 5.77. The lowest BCUT2D eigenvalue weighted by atomic mass is 9.93. The molecule has 0 bridgehead atoms. The number of carbonyl (C=O) groups excluding carboxylic acids is 1. The fraction of sp³-hybridized carbons (Fsp3) is 0.562. The number of amides is 1. The van der Waals surface area contributed by atoms with Crippen LogP contribution in [0.15, 0.2) is 30.3 Å². The molecule has 1 aromatic rings. The highest BCUT2D eigenvalue weighted by Crippen LogP contribution is 2.37. The van der Waals surface area contributed by atoms with Crippen molar-refractivity contribution in [3.8, 4) is 0 Å². The third-order valence-electron chi connectivity index (χ3n) is 4.58. The number of carbonyl (C=O) groups is 1. The molecule has 2 N–H and O–H groups in total. The molecule has 3 atom stereocenters. The van der Waals surface area contributed by atoms with Gasteiger partial charge < -0.3 is 10.6 Å². The van der Waals surface area contributed by atoms with Crippen molar-refractivity contribution in [1.82, 2.24) is 10.6 Å². The van der Waals surface area contributed by atoms with E-state index < -0.39 is 0 Å². The average Bonchev–Trinajstić information content (AvgIpc) is 3.02. The first-order valence-corrected chi connectivity index (χ1v) is 7.39. The zero-order valence-electron chi connectivity index (χ0n) is 11.3. The van der Waals surface area contributed by atoms with E-state index in [1.54, 1.807) is 0 Å². The van der Waals surface area contributed by atoms with Crippen LogP contribution in [0.2, 0.25) is 0 Å². The number of hydrogen-bond acceptors (Lipinski definition) is 2. The van der Waals surface area contributed by atoms with E-state index in [4.69, 9.17) is 0 Å². The van der Waals surface area contributed by atoms with Crippen LogP contribution in [0.5, 0.6) is 0 Å². The van der Waals surface area contributed by atoms with Gasteiger partial charge in [0.1, 0.15) is 0 Å². The largest absolute Gasteiger partial charge is 0.354 e. The molecule has 2 aliphatic rings. The fourth-order valence-electron chi connectivity index (χ4n) is 3.56. The normalized spacial score (nSPS) is 29.2. The van der Waals surface area contributed by atoms with Crippen LogP contribution in [0.25, 0.3) is 0 Å². The molecule has 19 heavy (non-hydrogen) atoms. The third kappa shape index (κ3) is 2.81. The quantitative estimate of drug-likeness (QED) is 0.863. The van der Waals surface area contributed by atoms with Crippen molar-refractivity contribution in [2.24, 2.45) is 11.8 Å². The van der Waals surface area contributed by atoms with Crippen molar-refractivity contribution in [1.29, 1.82) is 0 Å². The molecule has 0 spiro atoms. The Labute approximate surface area is 114 Å². The molecular formula is C16H22N2O. The van der Waals surface area contributed by atoms with Gasteiger partial charge >= 0.3 is 0 Å². The van der Waals surface area contributed by atoms with Crippen molar-refractivity contribution in [3.05, 3.63) is 35.9 Å². The first kappa shape index (κ1) is 12.7. The van der Waals surface area contributed by atoms with Crippen LogP contribution >= 0.6 is 0 Å². The van der Waals surface area contributed by atoms with Gasteiger partial charge in [0.15, 0.2) is 0 Å². The summed E-state index contributed by atoms with van der Waals surface area (Å²) in [5, 5.41) is 6.48. The maximum atomic E-state index is 12.2. The van der Waals surface area contributed by atoms with E-state index in [2.05, 4.69) is 22.8 Å². The SMILES string of the molecule is O=C(NCCc1ccccc1)C1NCC2CCCC21. The summed E-state index contributed by atoms with van der Waals surface area (Å²) in [5.74, 6) is 1.52. The van der Waals surface area contributed by atoms with E-state index in [0.717, 1.165) is 25.4 Å². The van der Waals surface area contributed by atoms with Gasteiger partial charge in [-0.2, -0.15) is 0 Å². The van der Waals surface area contributed by atoms with Crippen molar-refractivity contribution >= 4 is 5.91 Å². The zero-order valence-corrected chi connectivity index (χ0v) is 11.3. The third-order valence-corrected chi connectivity index (χ3v) is 4.58. The molecule has 1 aromatic carbocycles. The van der Waals surface area contributed by atoms with Gasteiger partial charge in [-0.05, 0) is 43.2 Å². The predicted molar refractivity (Wildman–Crippen MR) is 75.8 cm³/mol. The molecule has 1 saturated heterocycles. The van der Waals surface area contributed by atoms with Gasteiger partial charge in [-0.25, -0.2) is 0 Å². The lowest BCUT2D eigenvalue weighted by molar-refractivity contribution is -0.123. The highest BCUT2D eigenvalue weighted by Gasteiger charge is 2.42. The van der Waals surface area contributed by atoms with Crippen LogP contribution in [0.4, 0.5) is 0 Å². The minimum Gasteiger partial charge on any atom is -0.354 e. The van der Waals surface area contributed by atoms with Gasteiger partial charge in [0, 0.05) is 6.54 Å². The molecule has 1 saturated carbocycles. The van der Waals surface area contributed by atoms with E-state index in [1.165, 1.54) is 24.8 Å². The van der Waals surface area contributed by atoms with E-state index >= 15 is 0 Å². The lowest BCUT2D eigenvalue weighted by Crippen LogP contribution is -2.44. The monoisotopic (exact) mass is 258 g/mol. The fourth-order valence-corrected chi connectivity index (χ4v) is 3.56. The zero-order chi connectivity index (χ0) is 13.1. The Hall–Kier alpha value is -1.35. The Bertz CT molecular complexity index is 432. The van der Waals surface area contributed by atoms with E-state index in [9.17, 15) is 4.79 Å². The molecule has 102 valence electrons. The van der Waals surface area contributed by atoms with Crippen LogP contribution < -0.4 is 10.6 Å². The first-order valence-electron chi connectivity index (χ1n) is 7.39. The van der Waals surface area contributed by atoms with Crippen molar-refractivity contribution < 1.29 is 4.79 Å². The Balaban J connectivity index is 1.47. The first-order chi connectivity index (χ1) is 9.34. The molecular weight excluding hydrogens is 236 g/mol. The van der Waals surface area contributed by atoms with Crippen molar-refractivity contribution in [3.63, 3.8) is 0 Å². The highest BCUT2D eigenvalue weighted by atomic mass is 16.2. The summed E-state index contributed by atoms with van der Waals surface area (Å²) < 4.78 is 0. The minimum atomic E-state index is 0.0586. The highest BCUT2D eigenvalue weighted by molar-refractivity contribution is 5.82. The summed E-state index contributed by atoms with van der Waals surface area (Å²) in [7, 11) is 0. The molecule has 3 rings (SSSR count). The Morgan fingerprint density at radius 2 is 2.11 bits per heavy atom. The molecule has 1 aliphatic carbocycles. The molecule has 2 fully saturated rings. The van der Waals surface area contributed by atoms with E-state index in [1.807, 2.05) is 18.2 Å². The molecule has 3 nitrogen and oxygen atoms in total. The molecule has 1 amide bonds. The molecule has 3 unspecified atom stereocenters. The summed E-state index contributed by atoms with van der Waals surface area (Å²) in [4.78, 5) is 12.2. The molecule has 0 aromatic heterocycles. The second-order valence-electron chi connectivity index (χ2n) is 5.77. The second kappa shape index (κ2) is 5.74. The maximum absolute atomic E-state index is 12.2. The van der Waals surface area contributed by atoms with Gasteiger partial charge in [0.2, 0.25) is 5.91 Å². The summed E-state index contributed by atoms with van der Waals surface area (Å²) in [6, 6.07) is 10.4. The van der Waals surface area contributed by atoms with Crippen LogP contribution in [-0.2, 0) is 11.2 Å². The molecule has 1 aliphatic heterocycles. The van der Waals surface area contributed by atoms with Gasteiger partial charge in [-0.1, -0.05) is 36.8 Å². The lowest BCUT2D eigenvalue weighted by Gasteiger charge is -2.17. The van der Waals surface area contributed by atoms with Gasteiger partial charge in [0.25, 0.3) is 0 Å². The number of nitrogens with one attached hydrogen (secondary N) is 2. The average molecular weight is 258 g/mol. The summed E-state index contributed by atoms with van der Waals surface area (Å²) in [6.07, 6.45) is 4.72. The Morgan fingerprint density at radius 1 is 1.26 bits per heavy atom. The summed E-state index contributed by atoms with van der Waals surface area (Å²) >= 11 is 0. The Morgan fingerprint density at radius 3 is 2.95 bits per heavy atom. The topological polar surface area (TPSA) is 41.1 Å². The summed E-state index contributed by atoms with van der Waals surface area (Å²) in [6.45, 7) is 1.76. The number of hydrogen-bond donors (Lipinski definition) is 2.